The molecule has 0 aliphatic carbocycles. The molecule has 0 spiro atoms. The van der Waals surface area contributed by atoms with Gasteiger partial charge in [-0.1, -0.05) is 121 Å². The summed E-state index contributed by atoms with van der Waals surface area (Å²) >= 11 is 1.76. The van der Waals surface area contributed by atoms with E-state index in [1.807, 2.05) is 30.3 Å². The Morgan fingerprint density at radius 1 is 0.371 bits per heavy atom. The van der Waals surface area contributed by atoms with Crippen molar-refractivity contribution >= 4 is 108 Å². The largest absolute Gasteiger partial charge is 0.455 e. The van der Waals surface area contributed by atoms with Crippen LogP contribution in [-0.4, -0.2) is 19.5 Å². The van der Waals surface area contributed by atoms with Crippen molar-refractivity contribution in [3.63, 3.8) is 0 Å². The van der Waals surface area contributed by atoms with Crippen LogP contribution in [0.3, 0.4) is 0 Å². The lowest BCUT2D eigenvalue weighted by atomic mass is 10.0. The van der Waals surface area contributed by atoms with E-state index in [2.05, 4.69) is 156 Å². The fourth-order valence-electron chi connectivity index (χ4n) is 9.66. The molecule has 0 fully saturated rings. The lowest BCUT2D eigenvalue weighted by Gasteiger charge is -2.15. The predicted octanol–water partition coefficient (Wildman–Crippen LogP) is 15.3. The second kappa shape index (κ2) is 12.7. The Morgan fingerprint density at radius 2 is 0.935 bits per heavy atom. The number of rotatable bonds is 4. The number of hydrogen-bond acceptors (Lipinski definition) is 6. The molecule has 0 aliphatic rings. The number of hydrogen-bond donors (Lipinski definition) is 0. The molecule has 0 atom stereocenters. The minimum absolute atomic E-state index is 0.525. The Kier molecular flexibility index (Phi) is 6.89. The minimum atomic E-state index is 0.525. The van der Waals surface area contributed by atoms with Gasteiger partial charge in [0.1, 0.15) is 22.4 Å². The number of thiophene rings is 1. The average molecular weight is 811 g/mol. The number of nitrogens with zero attached hydrogens (tertiary/aromatic N) is 4. The summed E-state index contributed by atoms with van der Waals surface area (Å²) in [6, 6.07) is 63.7. The third-order valence-corrected chi connectivity index (χ3v) is 13.7. The van der Waals surface area contributed by atoms with Crippen LogP contribution in [0.4, 0.5) is 0 Å². The summed E-state index contributed by atoms with van der Waals surface area (Å²) in [5, 5.41) is 11.2. The molecule has 5 aromatic heterocycles. The van der Waals surface area contributed by atoms with Gasteiger partial charge < -0.3 is 13.4 Å². The summed E-state index contributed by atoms with van der Waals surface area (Å²) < 4.78 is 18.3. The highest BCUT2D eigenvalue weighted by molar-refractivity contribution is 7.26. The quantitative estimate of drug-likeness (QED) is 0.177. The Bertz CT molecular complexity index is 4060. The lowest BCUT2D eigenvalue weighted by Crippen LogP contribution is -2.04. The molecule has 7 heteroatoms. The molecule has 0 radical (unpaired) electrons. The van der Waals surface area contributed by atoms with Crippen LogP contribution in [0.15, 0.2) is 191 Å². The van der Waals surface area contributed by atoms with Crippen LogP contribution in [0.25, 0.3) is 136 Å². The first-order chi connectivity index (χ1) is 30.7. The van der Waals surface area contributed by atoms with Gasteiger partial charge in [-0.05, 0) is 71.4 Å². The van der Waals surface area contributed by atoms with Crippen molar-refractivity contribution in [1.29, 1.82) is 0 Å². The molecule has 14 rings (SSSR count). The first-order valence-electron chi connectivity index (χ1n) is 20.7. The van der Waals surface area contributed by atoms with Crippen LogP contribution in [0, 0.1) is 0 Å². The number of aromatic nitrogens is 4. The van der Waals surface area contributed by atoms with Gasteiger partial charge in [-0.2, -0.15) is 0 Å². The molecule has 288 valence electrons. The molecule has 0 amide bonds. The van der Waals surface area contributed by atoms with E-state index in [4.69, 9.17) is 23.8 Å². The zero-order chi connectivity index (χ0) is 40.5. The second-order valence-corrected chi connectivity index (χ2v) is 16.9. The molecular formula is C55H30N4O2S. The number of furan rings is 2. The number of fused-ring (bicyclic) bond motifs is 13. The summed E-state index contributed by atoms with van der Waals surface area (Å²) in [6.07, 6.45) is 0. The van der Waals surface area contributed by atoms with E-state index in [0.717, 1.165) is 98.1 Å². The lowest BCUT2D eigenvalue weighted by molar-refractivity contribution is 0.666. The van der Waals surface area contributed by atoms with E-state index >= 15 is 0 Å². The fourth-order valence-corrected chi connectivity index (χ4v) is 10.9. The van der Waals surface area contributed by atoms with Gasteiger partial charge in [0, 0.05) is 63.6 Å². The van der Waals surface area contributed by atoms with E-state index in [-0.39, 0.29) is 0 Å². The maximum atomic E-state index is 6.96. The zero-order valence-corrected chi connectivity index (χ0v) is 33.7. The van der Waals surface area contributed by atoms with Gasteiger partial charge in [0.2, 0.25) is 0 Å². The third-order valence-electron chi connectivity index (χ3n) is 12.5. The molecule has 0 aliphatic heterocycles. The summed E-state index contributed by atoms with van der Waals surface area (Å²) in [6.45, 7) is 0. The summed E-state index contributed by atoms with van der Waals surface area (Å²) in [4.78, 5) is 16.3. The van der Waals surface area contributed by atoms with Gasteiger partial charge in [0.25, 0.3) is 0 Å². The normalized spacial score (nSPS) is 12.2. The van der Waals surface area contributed by atoms with Crippen molar-refractivity contribution in [2.45, 2.75) is 0 Å². The molecule has 0 unspecified atom stereocenters. The van der Waals surface area contributed by atoms with E-state index in [9.17, 15) is 0 Å². The van der Waals surface area contributed by atoms with Crippen molar-refractivity contribution in [2.75, 3.05) is 0 Å². The fraction of sp³-hybridized carbons (Fsp3) is 0. The SMILES string of the molecule is c1ccc2cc3c(cc2c1)c1ccccc1n3-c1c(-c2nc(-c3cccc4c3oc3ccccc34)nc(-c3cccc4c3sc3ccccc34)n2)ccc2c1oc1ccccc12. The van der Waals surface area contributed by atoms with Crippen molar-refractivity contribution in [3.05, 3.63) is 182 Å². The van der Waals surface area contributed by atoms with Gasteiger partial charge in [-0.15, -0.1) is 11.3 Å². The van der Waals surface area contributed by atoms with E-state index < -0.39 is 0 Å². The zero-order valence-electron chi connectivity index (χ0n) is 32.8. The van der Waals surface area contributed by atoms with Crippen molar-refractivity contribution in [2.24, 2.45) is 0 Å². The van der Waals surface area contributed by atoms with Crippen molar-refractivity contribution in [3.8, 4) is 39.9 Å². The maximum Gasteiger partial charge on any atom is 0.167 e. The highest BCUT2D eigenvalue weighted by Gasteiger charge is 2.26. The topological polar surface area (TPSA) is 69.9 Å². The van der Waals surface area contributed by atoms with Crippen LogP contribution in [0.5, 0.6) is 0 Å². The predicted molar refractivity (Wildman–Crippen MR) is 255 cm³/mol. The average Bonchev–Trinajstić information content (AvgIpc) is 4.09. The smallest absolute Gasteiger partial charge is 0.167 e. The first kappa shape index (κ1) is 33.7. The number of para-hydroxylation sites is 4. The molecule has 0 bridgehead atoms. The van der Waals surface area contributed by atoms with E-state index in [1.165, 1.54) is 20.9 Å². The Morgan fingerprint density at radius 3 is 1.73 bits per heavy atom. The second-order valence-electron chi connectivity index (χ2n) is 15.9. The summed E-state index contributed by atoms with van der Waals surface area (Å²) in [7, 11) is 0. The van der Waals surface area contributed by atoms with Crippen LogP contribution in [0.2, 0.25) is 0 Å². The molecule has 9 aromatic carbocycles. The molecule has 62 heavy (non-hydrogen) atoms. The molecule has 5 heterocycles. The standard InChI is InChI=1S/C55H30N4O2S/c1-2-14-32-30-45-43(29-31(32)13-1)33-15-3-7-23-44(33)59(45)49-40(28-27-38-35-17-5-9-25-47(35)61-51(38)49)53-56-54(41-21-11-19-37-34-16-4-8-24-46(34)60-50(37)41)58-55(57-53)42-22-12-20-39-36-18-6-10-26-48(36)62-52(39)42/h1-30H. The minimum Gasteiger partial charge on any atom is -0.455 e. The van der Waals surface area contributed by atoms with Crippen LogP contribution >= 0.6 is 11.3 Å². The maximum absolute atomic E-state index is 6.96. The van der Waals surface area contributed by atoms with Gasteiger partial charge in [-0.25, -0.2) is 15.0 Å². The Hall–Kier alpha value is -8.13. The molecule has 0 saturated heterocycles. The monoisotopic (exact) mass is 810 g/mol. The van der Waals surface area contributed by atoms with Gasteiger partial charge in [-0.3, -0.25) is 0 Å². The van der Waals surface area contributed by atoms with Crippen LogP contribution < -0.4 is 0 Å². The van der Waals surface area contributed by atoms with Crippen LogP contribution in [0.1, 0.15) is 0 Å². The third kappa shape index (κ3) is 4.76. The van der Waals surface area contributed by atoms with E-state index in [1.54, 1.807) is 11.3 Å². The van der Waals surface area contributed by atoms with Crippen molar-refractivity contribution in [1.82, 2.24) is 19.5 Å². The van der Waals surface area contributed by atoms with E-state index in [0.29, 0.717) is 17.5 Å². The highest BCUT2D eigenvalue weighted by Crippen LogP contribution is 2.45. The first-order valence-corrected chi connectivity index (χ1v) is 21.5. The molecular weight excluding hydrogens is 781 g/mol. The van der Waals surface area contributed by atoms with Gasteiger partial charge in [0.05, 0.1) is 16.6 Å². The Labute approximate surface area is 356 Å². The molecule has 0 saturated carbocycles. The van der Waals surface area contributed by atoms with Gasteiger partial charge >= 0.3 is 0 Å². The summed E-state index contributed by atoms with van der Waals surface area (Å²) in [5.41, 5.74) is 8.67. The van der Waals surface area contributed by atoms with Gasteiger partial charge in [0.15, 0.2) is 23.1 Å². The highest BCUT2D eigenvalue weighted by atomic mass is 32.1. The summed E-state index contributed by atoms with van der Waals surface area (Å²) in [5.74, 6) is 1.64. The Balaban J connectivity index is 1.13. The molecule has 14 aromatic rings. The number of benzene rings is 9. The van der Waals surface area contributed by atoms with Crippen molar-refractivity contribution < 1.29 is 8.83 Å². The molecule has 6 nitrogen and oxygen atoms in total. The molecule has 0 N–H and O–H groups in total. The van der Waals surface area contributed by atoms with Crippen LogP contribution in [-0.2, 0) is 0 Å².